The third-order valence-corrected chi connectivity index (χ3v) is 4.40. The van der Waals surface area contributed by atoms with Crippen LogP contribution in [0.5, 0.6) is 0 Å². The quantitative estimate of drug-likeness (QED) is 0.383. The minimum Gasteiger partial charge on any atom is -0.380 e. The normalized spacial score (nSPS) is 17.7. The highest BCUT2D eigenvalue weighted by atomic mass is 127. The van der Waals surface area contributed by atoms with Crippen molar-refractivity contribution in [2.75, 3.05) is 26.3 Å². The molecular formula is C16H24Cl2IN3O. The van der Waals surface area contributed by atoms with Crippen molar-refractivity contribution < 1.29 is 4.74 Å². The van der Waals surface area contributed by atoms with E-state index in [2.05, 4.69) is 36.4 Å². The minimum atomic E-state index is 0. The van der Waals surface area contributed by atoms with Gasteiger partial charge in [-0.2, -0.15) is 0 Å². The Hall–Kier alpha value is -0.240. The second kappa shape index (κ2) is 9.30. The maximum absolute atomic E-state index is 6.08. The lowest BCUT2D eigenvalue weighted by Gasteiger charge is -2.36. The Balaban J connectivity index is 0.00000264. The van der Waals surface area contributed by atoms with E-state index in [4.69, 9.17) is 27.9 Å². The lowest BCUT2D eigenvalue weighted by molar-refractivity contribution is -0.0945. The Morgan fingerprint density at radius 1 is 1.35 bits per heavy atom. The molecule has 1 aliphatic heterocycles. The summed E-state index contributed by atoms with van der Waals surface area (Å²) in [6.07, 6.45) is 0. The van der Waals surface area contributed by atoms with E-state index in [0.717, 1.165) is 37.8 Å². The van der Waals surface area contributed by atoms with Gasteiger partial charge >= 0.3 is 0 Å². The average Bonchev–Trinajstić information content (AvgIpc) is 2.45. The van der Waals surface area contributed by atoms with Crippen LogP contribution in [0.25, 0.3) is 0 Å². The molecule has 2 N–H and O–H groups in total. The molecule has 1 atom stereocenters. The predicted molar refractivity (Wildman–Crippen MR) is 108 cm³/mol. The highest BCUT2D eigenvalue weighted by Gasteiger charge is 2.33. The number of benzene rings is 1. The summed E-state index contributed by atoms with van der Waals surface area (Å²) >= 11 is 12.0. The molecule has 1 heterocycles. The number of rotatable bonds is 5. The van der Waals surface area contributed by atoms with E-state index in [1.54, 1.807) is 0 Å². The third-order valence-electron chi connectivity index (χ3n) is 3.66. The fraction of sp³-hybridized carbons (Fsp3) is 0.562. The molecule has 1 fully saturated rings. The Morgan fingerprint density at radius 2 is 2.04 bits per heavy atom. The molecule has 23 heavy (non-hydrogen) atoms. The number of hydrogen-bond acceptors (Lipinski definition) is 2. The first-order valence-corrected chi connectivity index (χ1v) is 8.27. The fourth-order valence-electron chi connectivity index (χ4n) is 2.20. The van der Waals surface area contributed by atoms with E-state index >= 15 is 0 Å². The molecule has 0 spiro atoms. The highest BCUT2D eigenvalue weighted by Crippen LogP contribution is 2.27. The van der Waals surface area contributed by atoms with Crippen LogP contribution >= 0.6 is 47.2 Å². The molecule has 2 rings (SSSR count). The molecule has 130 valence electrons. The van der Waals surface area contributed by atoms with E-state index in [1.165, 1.54) is 0 Å². The fourth-order valence-corrected chi connectivity index (χ4v) is 2.51. The van der Waals surface area contributed by atoms with Gasteiger partial charge in [-0.3, -0.25) is 4.99 Å². The molecule has 1 saturated heterocycles. The number of hydrogen-bond donors (Lipinski definition) is 2. The Bertz CT molecular complexity index is 550. The molecule has 1 aliphatic rings. The highest BCUT2D eigenvalue weighted by molar-refractivity contribution is 14.0. The molecule has 7 heteroatoms. The summed E-state index contributed by atoms with van der Waals surface area (Å²) < 4.78 is 5.27. The van der Waals surface area contributed by atoms with Gasteiger partial charge in [0.1, 0.15) is 0 Å². The van der Waals surface area contributed by atoms with Gasteiger partial charge in [-0.1, -0.05) is 36.2 Å². The van der Waals surface area contributed by atoms with Crippen molar-refractivity contribution in [3.8, 4) is 0 Å². The molecule has 0 aromatic heterocycles. The van der Waals surface area contributed by atoms with Gasteiger partial charge in [0.2, 0.25) is 0 Å². The van der Waals surface area contributed by atoms with Gasteiger partial charge in [0.25, 0.3) is 0 Å². The molecule has 0 radical (unpaired) electrons. The van der Waals surface area contributed by atoms with Crippen molar-refractivity contribution >= 4 is 53.1 Å². The van der Waals surface area contributed by atoms with Crippen molar-refractivity contribution in [3.63, 3.8) is 0 Å². The van der Waals surface area contributed by atoms with Crippen LogP contribution in [0.15, 0.2) is 23.2 Å². The second-order valence-electron chi connectivity index (χ2n) is 6.04. The smallest absolute Gasteiger partial charge is 0.191 e. The first-order chi connectivity index (χ1) is 10.4. The number of halogens is 3. The predicted octanol–water partition coefficient (Wildman–Crippen LogP) is 4.26. The summed E-state index contributed by atoms with van der Waals surface area (Å²) in [4.78, 5) is 4.67. The van der Waals surface area contributed by atoms with E-state index in [0.29, 0.717) is 10.0 Å². The van der Waals surface area contributed by atoms with Crippen LogP contribution in [0.1, 0.15) is 32.4 Å². The first-order valence-electron chi connectivity index (χ1n) is 7.51. The van der Waals surface area contributed by atoms with E-state index in [9.17, 15) is 0 Å². The van der Waals surface area contributed by atoms with Crippen LogP contribution in [-0.4, -0.2) is 32.3 Å². The standard InChI is InChI=1S/C16H23Cl2N3O.HI/c1-4-19-15(20-8-16(3)9-22-10-16)21-11(2)12-5-6-13(17)14(18)7-12;/h5-7,11H,4,8-10H2,1-3H3,(H2,19,20,21);1H. The molecule has 1 unspecified atom stereocenters. The zero-order chi connectivity index (χ0) is 16.2. The largest absolute Gasteiger partial charge is 0.380 e. The SMILES string of the molecule is CCNC(=NCC1(C)COC1)NC(C)c1ccc(Cl)c(Cl)c1.I. The summed E-state index contributed by atoms with van der Waals surface area (Å²) in [5.41, 5.74) is 1.23. The van der Waals surface area contributed by atoms with Gasteiger partial charge in [-0.05, 0) is 31.5 Å². The number of aliphatic imine (C=N–C) groups is 1. The molecule has 1 aromatic carbocycles. The molecule has 0 saturated carbocycles. The topological polar surface area (TPSA) is 45.7 Å². The van der Waals surface area contributed by atoms with Crippen LogP contribution in [0, 0.1) is 5.41 Å². The summed E-state index contributed by atoms with van der Waals surface area (Å²) in [7, 11) is 0. The number of nitrogens with one attached hydrogen (secondary N) is 2. The van der Waals surface area contributed by atoms with E-state index in [1.807, 2.05) is 18.2 Å². The molecule has 1 aromatic rings. The molecular weight excluding hydrogens is 448 g/mol. The van der Waals surface area contributed by atoms with Gasteiger partial charge < -0.3 is 15.4 Å². The molecule has 4 nitrogen and oxygen atoms in total. The number of ether oxygens (including phenoxy) is 1. The zero-order valence-electron chi connectivity index (χ0n) is 13.7. The van der Waals surface area contributed by atoms with Crippen molar-refractivity contribution in [1.82, 2.24) is 10.6 Å². The zero-order valence-corrected chi connectivity index (χ0v) is 17.5. The van der Waals surface area contributed by atoms with Crippen LogP contribution in [0.4, 0.5) is 0 Å². The molecule has 0 aliphatic carbocycles. The van der Waals surface area contributed by atoms with Gasteiger partial charge in [0.15, 0.2) is 5.96 Å². The van der Waals surface area contributed by atoms with Crippen LogP contribution in [0.3, 0.4) is 0 Å². The summed E-state index contributed by atoms with van der Waals surface area (Å²) in [6, 6.07) is 5.75. The van der Waals surface area contributed by atoms with Gasteiger partial charge in [0, 0.05) is 12.0 Å². The Morgan fingerprint density at radius 3 is 2.57 bits per heavy atom. The maximum atomic E-state index is 6.08. The van der Waals surface area contributed by atoms with E-state index in [-0.39, 0.29) is 35.4 Å². The van der Waals surface area contributed by atoms with Crippen LogP contribution in [-0.2, 0) is 4.74 Å². The lowest BCUT2D eigenvalue weighted by Crippen LogP contribution is -2.44. The van der Waals surface area contributed by atoms with Gasteiger partial charge in [0.05, 0.1) is 35.8 Å². The third kappa shape index (κ3) is 5.96. The molecule has 0 amide bonds. The van der Waals surface area contributed by atoms with Crippen molar-refractivity contribution in [2.24, 2.45) is 10.4 Å². The Kier molecular flexibility index (Phi) is 8.41. The van der Waals surface area contributed by atoms with Crippen molar-refractivity contribution in [3.05, 3.63) is 33.8 Å². The maximum Gasteiger partial charge on any atom is 0.191 e. The van der Waals surface area contributed by atoms with Crippen molar-refractivity contribution in [1.29, 1.82) is 0 Å². The van der Waals surface area contributed by atoms with Gasteiger partial charge in [-0.15, -0.1) is 24.0 Å². The van der Waals surface area contributed by atoms with Crippen LogP contribution < -0.4 is 10.6 Å². The average molecular weight is 472 g/mol. The van der Waals surface area contributed by atoms with Crippen molar-refractivity contribution in [2.45, 2.75) is 26.8 Å². The number of nitrogens with zero attached hydrogens (tertiary/aromatic N) is 1. The Labute approximate surface area is 165 Å². The summed E-state index contributed by atoms with van der Waals surface area (Å²) in [5.74, 6) is 0.800. The lowest BCUT2D eigenvalue weighted by atomic mass is 9.89. The first kappa shape index (κ1) is 20.8. The van der Waals surface area contributed by atoms with E-state index < -0.39 is 0 Å². The number of guanidine groups is 1. The molecule has 0 bridgehead atoms. The summed E-state index contributed by atoms with van der Waals surface area (Å²) in [5, 5.41) is 7.80. The van der Waals surface area contributed by atoms with Crippen LogP contribution in [0.2, 0.25) is 10.0 Å². The summed E-state index contributed by atoms with van der Waals surface area (Å²) in [6.45, 7) is 9.42. The second-order valence-corrected chi connectivity index (χ2v) is 6.85. The minimum absolute atomic E-state index is 0. The van der Waals surface area contributed by atoms with Gasteiger partial charge in [-0.25, -0.2) is 0 Å². The monoisotopic (exact) mass is 471 g/mol.